The number of furan rings is 1. The Morgan fingerprint density at radius 2 is 1.75 bits per heavy atom. The maximum absolute atomic E-state index is 12.0. The third-order valence-electron chi connectivity index (χ3n) is 3.89. The number of benzene rings is 2. The Balaban J connectivity index is 1.43. The fraction of sp³-hybridized carbons (Fsp3) is 0.143. The summed E-state index contributed by atoms with van der Waals surface area (Å²) in [6, 6.07) is 21.4. The van der Waals surface area contributed by atoms with Crippen molar-refractivity contribution in [1.29, 1.82) is 0 Å². The lowest BCUT2D eigenvalue weighted by atomic mass is 10.0. The summed E-state index contributed by atoms with van der Waals surface area (Å²) in [4.78, 5) is 12.0. The van der Waals surface area contributed by atoms with Crippen LogP contribution in [0.5, 0.6) is 5.75 Å². The molecule has 3 N–H and O–H groups in total. The second kappa shape index (κ2) is 10.1. The van der Waals surface area contributed by atoms with E-state index in [1.807, 2.05) is 48.5 Å². The van der Waals surface area contributed by atoms with Crippen molar-refractivity contribution in [1.82, 2.24) is 16.2 Å². The molecule has 1 heterocycles. The van der Waals surface area contributed by atoms with Crippen LogP contribution in [0, 0.1) is 0 Å². The summed E-state index contributed by atoms with van der Waals surface area (Å²) in [5.41, 5.74) is 7.34. The normalized spacial score (nSPS) is 10.1. The monoisotopic (exact) mass is 395 g/mol. The lowest BCUT2D eigenvalue weighted by molar-refractivity contribution is -0.123. The van der Waals surface area contributed by atoms with Crippen molar-refractivity contribution in [2.75, 3.05) is 6.61 Å². The van der Waals surface area contributed by atoms with Crippen LogP contribution in [-0.2, 0) is 17.8 Å². The molecule has 0 aliphatic rings. The van der Waals surface area contributed by atoms with Crippen LogP contribution in [0.1, 0.15) is 16.9 Å². The highest BCUT2D eigenvalue weighted by atomic mass is 32.1. The maximum Gasteiger partial charge on any atom is 0.276 e. The Hall–Kier alpha value is -3.32. The van der Waals surface area contributed by atoms with Gasteiger partial charge in [-0.3, -0.25) is 15.6 Å². The lowest BCUT2D eigenvalue weighted by Crippen LogP contribution is -2.48. The molecule has 0 atom stereocenters. The van der Waals surface area contributed by atoms with Crippen LogP contribution < -0.4 is 20.9 Å². The van der Waals surface area contributed by atoms with Crippen LogP contribution in [0.3, 0.4) is 0 Å². The number of thiocarbonyl (C=S) groups is 1. The highest BCUT2D eigenvalue weighted by Gasteiger charge is 2.08. The van der Waals surface area contributed by atoms with Gasteiger partial charge in [0.25, 0.3) is 5.91 Å². The number of hydrazine groups is 1. The highest BCUT2D eigenvalue weighted by Crippen LogP contribution is 2.21. The summed E-state index contributed by atoms with van der Waals surface area (Å²) in [6.45, 7) is 0.303. The van der Waals surface area contributed by atoms with Crippen molar-refractivity contribution >= 4 is 23.2 Å². The molecule has 0 spiro atoms. The van der Waals surface area contributed by atoms with E-state index in [0.29, 0.717) is 12.3 Å². The SMILES string of the molecule is O=C(COc1ccccc1Cc1ccccc1)NNC(=S)NCc1ccco1. The first-order valence-corrected chi connectivity index (χ1v) is 9.21. The minimum absolute atomic E-state index is 0.125. The van der Waals surface area contributed by atoms with Crippen molar-refractivity contribution in [3.63, 3.8) is 0 Å². The summed E-state index contributed by atoms with van der Waals surface area (Å²) >= 11 is 5.10. The zero-order chi connectivity index (χ0) is 19.6. The Morgan fingerprint density at radius 1 is 0.964 bits per heavy atom. The number of amides is 1. The van der Waals surface area contributed by atoms with Gasteiger partial charge in [-0.2, -0.15) is 0 Å². The topological polar surface area (TPSA) is 75.5 Å². The van der Waals surface area contributed by atoms with Gasteiger partial charge in [-0.05, 0) is 41.5 Å². The molecular formula is C21H21N3O3S. The fourth-order valence-corrected chi connectivity index (χ4v) is 2.66. The number of ether oxygens (including phenoxy) is 1. The van der Waals surface area contributed by atoms with Gasteiger partial charge in [-0.15, -0.1) is 0 Å². The van der Waals surface area contributed by atoms with Gasteiger partial charge in [0.15, 0.2) is 11.7 Å². The fourth-order valence-electron chi connectivity index (χ4n) is 2.54. The molecule has 1 aromatic heterocycles. The zero-order valence-electron chi connectivity index (χ0n) is 15.2. The summed E-state index contributed by atoms with van der Waals surface area (Å²) in [5.74, 6) is 1.09. The zero-order valence-corrected chi connectivity index (χ0v) is 16.0. The largest absolute Gasteiger partial charge is 0.483 e. The molecule has 0 fully saturated rings. The molecule has 28 heavy (non-hydrogen) atoms. The number of rotatable bonds is 7. The Kier molecular flexibility index (Phi) is 7.03. The van der Waals surface area contributed by atoms with E-state index >= 15 is 0 Å². The smallest absolute Gasteiger partial charge is 0.276 e. The number of carbonyl (C=O) groups is 1. The van der Waals surface area contributed by atoms with Gasteiger partial charge in [0.1, 0.15) is 11.5 Å². The second-order valence-electron chi connectivity index (χ2n) is 5.99. The van der Waals surface area contributed by atoms with Gasteiger partial charge in [0.05, 0.1) is 12.8 Å². The van der Waals surface area contributed by atoms with Gasteiger partial charge in [-0.1, -0.05) is 48.5 Å². The third-order valence-corrected chi connectivity index (χ3v) is 4.13. The molecule has 0 aliphatic heterocycles. The molecule has 0 bridgehead atoms. The molecule has 1 amide bonds. The van der Waals surface area contributed by atoms with Gasteiger partial charge >= 0.3 is 0 Å². The summed E-state index contributed by atoms with van der Waals surface area (Å²) in [7, 11) is 0. The van der Waals surface area contributed by atoms with Gasteiger partial charge in [0, 0.05) is 6.42 Å². The van der Waals surface area contributed by atoms with Crippen molar-refractivity contribution in [2.45, 2.75) is 13.0 Å². The van der Waals surface area contributed by atoms with Gasteiger partial charge in [-0.25, -0.2) is 0 Å². The molecule has 0 aliphatic carbocycles. The Labute approximate surface area is 168 Å². The Morgan fingerprint density at radius 3 is 2.54 bits per heavy atom. The third kappa shape index (κ3) is 6.14. The minimum Gasteiger partial charge on any atom is -0.483 e. The second-order valence-corrected chi connectivity index (χ2v) is 6.40. The standard InChI is InChI=1S/C21H21N3O3S/c25-20(23-24-21(28)22-14-18-10-6-12-26-18)15-27-19-11-5-4-9-17(19)13-16-7-2-1-3-8-16/h1-12H,13-15H2,(H,23,25)(H2,22,24,28). The highest BCUT2D eigenvalue weighted by molar-refractivity contribution is 7.80. The van der Waals surface area contributed by atoms with Crippen LogP contribution in [-0.4, -0.2) is 17.6 Å². The first-order chi connectivity index (χ1) is 13.7. The quantitative estimate of drug-likeness (QED) is 0.422. The van der Waals surface area contributed by atoms with E-state index in [1.165, 1.54) is 5.56 Å². The van der Waals surface area contributed by atoms with Crippen molar-refractivity contribution in [3.8, 4) is 5.75 Å². The summed E-state index contributed by atoms with van der Waals surface area (Å²) in [5, 5.41) is 3.21. The molecule has 7 heteroatoms. The average Bonchev–Trinajstić information content (AvgIpc) is 3.24. The number of nitrogens with one attached hydrogen (secondary N) is 3. The summed E-state index contributed by atoms with van der Waals surface area (Å²) < 4.78 is 10.9. The molecule has 3 aromatic rings. The lowest BCUT2D eigenvalue weighted by Gasteiger charge is -2.13. The molecule has 0 saturated carbocycles. The number of hydrogen-bond donors (Lipinski definition) is 3. The molecule has 0 saturated heterocycles. The van der Waals surface area contributed by atoms with Crippen LogP contribution in [0.15, 0.2) is 77.4 Å². The number of carbonyl (C=O) groups excluding carboxylic acids is 1. The first kappa shape index (κ1) is 19.4. The van der Waals surface area contributed by atoms with E-state index in [4.69, 9.17) is 21.4 Å². The molecule has 2 aromatic carbocycles. The van der Waals surface area contributed by atoms with Crippen molar-refractivity contribution < 1.29 is 13.9 Å². The molecule has 6 nitrogen and oxygen atoms in total. The van der Waals surface area contributed by atoms with E-state index in [2.05, 4.69) is 28.3 Å². The van der Waals surface area contributed by atoms with Crippen LogP contribution in [0.25, 0.3) is 0 Å². The van der Waals surface area contributed by atoms with E-state index < -0.39 is 0 Å². The van der Waals surface area contributed by atoms with E-state index in [-0.39, 0.29) is 17.6 Å². The molecular weight excluding hydrogens is 374 g/mol. The Bertz CT molecular complexity index is 898. The van der Waals surface area contributed by atoms with Crippen LogP contribution in [0.4, 0.5) is 0 Å². The van der Waals surface area contributed by atoms with Crippen LogP contribution >= 0.6 is 12.2 Å². The molecule has 144 valence electrons. The minimum atomic E-state index is -0.336. The van der Waals surface area contributed by atoms with Crippen molar-refractivity contribution in [3.05, 3.63) is 89.9 Å². The summed E-state index contributed by atoms with van der Waals surface area (Å²) in [6.07, 6.45) is 2.32. The van der Waals surface area contributed by atoms with E-state index in [1.54, 1.807) is 12.3 Å². The van der Waals surface area contributed by atoms with Crippen molar-refractivity contribution in [2.24, 2.45) is 0 Å². The van der Waals surface area contributed by atoms with Gasteiger partial charge in [0.2, 0.25) is 0 Å². The maximum atomic E-state index is 12.0. The average molecular weight is 395 g/mol. The predicted octanol–water partition coefficient (Wildman–Crippen LogP) is 2.94. The molecule has 0 unspecified atom stereocenters. The number of hydrogen-bond acceptors (Lipinski definition) is 4. The van der Waals surface area contributed by atoms with E-state index in [0.717, 1.165) is 17.7 Å². The van der Waals surface area contributed by atoms with E-state index in [9.17, 15) is 4.79 Å². The predicted molar refractivity (Wildman–Crippen MR) is 111 cm³/mol. The molecule has 3 rings (SSSR count). The first-order valence-electron chi connectivity index (χ1n) is 8.80. The van der Waals surface area contributed by atoms with Crippen LogP contribution in [0.2, 0.25) is 0 Å². The molecule has 0 radical (unpaired) electrons. The van der Waals surface area contributed by atoms with Gasteiger partial charge < -0.3 is 14.5 Å². The number of para-hydroxylation sites is 1.